The molecule has 1 aliphatic carbocycles. The molecule has 1 amide bonds. The molecule has 0 radical (unpaired) electrons. The largest absolute Gasteiger partial charge is 0.480 e. The van der Waals surface area contributed by atoms with Gasteiger partial charge in [0.05, 0.1) is 0 Å². The van der Waals surface area contributed by atoms with Crippen LogP contribution in [0.4, 0.5) is 4.79 Å². The lowest BCUT2D eigenvalue weighted by atomic mass is 9.68. The molecule has 110 valence electrons. The Hall–Kier alpha value is -1.26. The van der Waals surface area contributed by atoms with Gasteiger partial charge in [0.2, 0.25) is 0 Å². The normalized spacial score (nSPS) is 26.6. The van der Waals surface area contributed by atoms with Crippen molar-refractivity contribution >= 4 is 12.1 Å². The van der Waals surface area contributed by atoms with Crippen LogP contribution in [0.1, 0.15) is 60.3 Å². The van der Waals surface area contributed by atoms with E-state index in [1.54, 1.807) is 20.8 Å². The van der Waals surface area contributed by atoms with Crippen molar-refractivity contribution in [2.75, 3.05) is 0 Å². The summed E-state index contributed by atoms with van der Waals surface area (Å²) in [7, 11) is 0. The molecule has 0 saturated heterocycles. The molecule has 19 heavy (non-hydrogen) atoms. The van der Waals surface area contributed by atoms with Gasteiger partial charge in [0, 0.05) is 0 Å². The summed E-state index contributed by atoms with van der Waals surface area (Å²) < 4.78 is 5.17. The smallest absolute Gasteiger partial charge is 0.408 e. The summed E-state index contributed by atoms with van der Waals surface area (Å²) in [6.45, 7) is 9.32. The summed E-state index contributed by atoms with van der Waals surface area (Å²) in [6.07, 6.45) is 1.97. The molecule has 1 fully saturated rings. The van der Waals surface area contributed by atoms with Gasteiger partial charge in [0.15, 0.2) is 0 Å². The third-order valence-electron chi connectivity index (χ3n) is 3.39. The van der Waals surface area contributed by atoms with Gasteiger partial charge in [-0.3, -0.25) is 0 Å². The maximum absolute atomic E-state index is 11.9. The third kappa shape index (κ3) is 4.40. The van der Waals surface area contributed by atoms with Crippen molar-refractivity contribution in [1.82, 2.24) is 5.32 Å². The average Bonchev–Trinajstić information content (AvgIpc) is 2.11. The number of nitrogens with one attached hydrogen (secondary N) is 1. The molecule has 1 unspecified atom stereocenters. The van der Waals surface area contributed by atoms with Crippen molar-refractivity contribution in [3.8, 4) is 0 Å². The molecule has 5 nitrogen and oxygen atoms in total. The maximum Gasteiger partial charge on any atom is 0.408 e. The highest BCUT2D eigenvalue weighted by molar-refractivity contribution is 5.84. The van der Waals surface area contributed by atoms with Crippen molar-refractivity contribution in [3.63, 3.8) is 0 Å². The van der Waals surface area contributed by atoms with Crippen LogP contribution in [0.2, 0.25) is 0 Å². The molecule has 0 bridgehead atoms. The molecule has 0 aliphatic heterocycles. The van der Waals surface area contributed by atoms with Crippen LogP contribution in [0.5, 0.6) is 0 Å². The first-order valence-corrected chi connectivity index (χ1v) is 6.70. The molecule has 5 heteroatoms. The van der Waals surface area contributed by atoms with Gasteiger partial charge < -0.3 is 15.2 Å². The molecule has 0 spiro atoms. The zero-order chi connectivity index (χ0) is 14.9. The highest BCUT2D eigenvalue weighted by Gasteiger charge is 2.47. The number of amides is 1. The number of hydrogen-bond donors (Lipinski definition) is 2. The zero-order valence-electron chi connectivity index (χ0n) is 12.5. The number of carbonyl (C=O) groups is 2. The molecular weight excluding hydrogens is 246 g/mol. The molecule has 1 rings (SSSR count). The van der Waals surface area contributed by atoms with E-state index in [1.807, 2.05) is 13.8 Å². The second-order valence-electron chi connectivity index (χ2n) is 7.21. The predicted octanol–water partition coefficient (Wildman–Crippen LogP) is 2.93. The van der Waals surface area contributed by atoms with Crippen LogP contribution < -0.4 is 5.32 Å². The van der Waals surface area contributed by atoms with Crippen LogP contribution >= 0.6 is 0 Å². The van der Waals surface area contributed by atoms with Crippen molar-refractivity contribution < 1.29 is 19.4 Å². The first-order chi connectivity index (χ1) is 8.46. The van der Waals surface area contributed by atoms with Crippen LogP contribution in [0, 0.1) is 5.41 Å². The topological polar surface area (TPSA) is 75.6 Å². The van der Waals surface area contributed by atoms with E-state index >= 15 is 0 Å². The fraction of sp³-hybridized carbons (Fsp3) is 0.857. The molecular formula is C14H25NO4. The zero-order valence-corrected chi connectivity index (χ0v) is 12.5. The summed E-state index contributed by atoms with van der Waals surface area (Å²) in [5, 5.41) is 12.1. The van der Waals surface area contributed by atoms with E-state index in [9.17, 15) is 14.7 Å². The lowest BCUT2D eigenvalue weighted by Gasteiger charge is -2.42. The van der Waals surface area contributed by atoms with Gasteiger partial charge in [0.25, 0.3) is 0 Å². The molecule has 0 aromatic carbocycles. The number of ether oxygens (including phenoxy) is 1. The SMILES string of the molecule is CC1(C)CCCC(NC(=O)OC(C)(C)C)(C(=O)O)C1. The first kappa shape index (κ1) is 15.8. The lowest BCUT2D eigenvalue weighted by molar-refractivity contribution is -0.148. The van der Waals surface area contributed by atoms with Crippen LogP contribution in [0.15, 0.2) is 0 Å². The molecule has 2 N–H and O–H groups in total. The van der Waals surface area contributed by atoms with Crippen LogP contribution in [0.3, 0.4) is 0 Å². The molecule has 1 saturated carbocycles. The van der Waals surface area contributed by atoms with E-state index in [4.69, 9.17) is 4.74 Å². The van der Waals surface area contributed by atoms with E-state index in [-0.39, 0.29) is 5.41 Å². The quantitative estimate of drug-likeness (QED) is 0.809. The first-order valence-electron chi connectivity index (χ1n) is 6.70. The van der Waals surface area contributed by atoms with Crippen LogP contribution in [-0.4, -0.2) is 28.3 Å². The summed E-state index contributed by atoms with van der Waals surface area (Å²) in [6, 6.07) is 0. The van der Waals surface area contributed by atoms with Crippen molar-refractivity contribution in [2.24, 2.45) is 5.41 Å². The van der Waals surface area contributed by atoms with E-state index in [0.29, 0.717) is 12.8 Å². The fourth-order valence-corrected chi connectivity index (χ4v) is 2.70. The Bertz CT molecular complexity index is 370. The Morgan fingerprint density at radius 1 is 1.21 bits per heavy atom. The van der Waals surface area contributed by atoms with Gasteiger partial charge in [-0.2, -0.15) is 0 Å². The van der Waals surface area contributed by atoms with Crippen molar-refractivity contribution in [2.45, 2.75) is 71.4 Å². The van der Waals surface area contributed by atoms with Gasteiger partial charge in [-0.15, -0.1) is 0 Å². The Labute approximate surface area is 114 Å². The van der Waals surface area contributed by atoms with Crippen molar-refractivity contribution in [3.05, 3.63) is 0 Å². The number of carboxylic acid groups (broad SMARTS) is 1. The molecule has 0 aromatic heterocycles. The van der Waals surface area contributed by atoms with Gasteiger partial charge in [-0.25, -0.2) is 9.59 Å². The van der Waals surface area contributed by atoms with Gasteiger partial charge in [-0.1, -0.05) is 13.8 Å². The summed E-state index contributed by atoms with van der Waals surface area (Å²) in [5.41, 5.74) is -1.93. The summed E-state index contributed by atoms with van der Waals surface area (Å²) in [5.74, 6) is -0.980. The maximum atomic E-state index is 11.9. The van der Waals surface area contributed by atoms with Gasteiger partial charge in [0.1, 0.15) is 11.1 Å². The minimum absolute atomic E-state index is 0.0916. The lowest BCUT2D eigenvalue weighted by Crippen LogP contribution is -2.59. The Morgan fingerprint density at radius 3 is 2.21 bits per heavy atom. The predicted molar refractivity (Wildman–Crippen MR) is 72.0 cm³/mol. The number of carbonyl (C=O) groups excluding carboxylic acids is 1. The Morgan fingerprint density at radius 2 is 1.79 bits per heavy atom. The number of carboxylic acids is 1. The Balaban J connectivity index is 2.84. The third-order valence-corrected chi connectivity index (χ3v) is 3.39. The van der Waals surface area contributed by atoms with E-state index in [1.165, 1.54) is 0 Å². The fourth-order valence-electron chi connectivity index (χ4n) is 2.70. The second kappa shape index (κ2) is 5.02. The van der Waals surface area contributed by atoms with E-state index in [0.717, 1.165) is 12.8 Å². The van der Waals surface area contributed by atoms with Crippen LogP contribution in [0.25, 0.3) is 0 Å². The number of aliphatic carboxylic acids is 1. The Kier molecular flexibility index (Phi) is 4.17. The second-order valence-corrected chi connectivity index (χ2v) is 7.21. The average molecular weight is 271 g/mol. The molecule has 1 atom stereocenters. The summed E-state index contributed by atoms with van der Waals surface area (Å²) >= 11 is 0. The molecule has 0 heterocycles. The van der Waals surface area contributed by atoms with Gasteiger partial charge >= 0.3 is 12.1 Å². The minimum Gasteiger partial charge on any atom is -0.480 e. The standard InChI is InChI=1S/C14H25NO4/c1-12(2,3)19-11(18)15-14(10(16)17)8-6-7-13(4,5)9-14/h6-9H2,1-5H3,(H,15,18)(H,16,17). The number of hydrogen-bond acceptors (Lipinski definition) is 3. The van der Waals surface area contributed by atoms with E-state index < -0.39 is 23.2 Å². The number of rotatable bonds is 2. The highest BCUT2D eigenvalue weighted by atomic mass is 16.6. The molecule has 0 aromatic rings. The van der Waals surface area contributed by atoms with E-state index in [2.05, 4.69) is 5.32 Å². The monoisotopic (exact) mass is 271 g/mol. The molecule has 1 aliphatic rings. The van der Waals surface area contributed by atoms with Crippen LogP contribution in [-0.2, 0) is 9.53 Å². The highest BCUT2D eigenvalue weighted by Crippen LogP contribution is 2.41. The van der Waals surface area contributed by atoms with Gasteiger partial charge in [-0.05, 0) is 51.9 Å². The summed E-state index contributed by atoms with van der Waals surface area (Å²) in [4.78, 5) is 23.4. The van der Waals surface area contributed by atoms with Crippen molar-refractivity contribution in [1.29, 1.82) is 0 Å². The number of alkyl carbamates (subject to hydrolysis) is 1. The minimum atomic E-state index is -1.20.